The van der Waals surface area contributed by atoms with E-state index in [4.69, 9.17) is 8.94 Å². The van der Waals surface area contributed by atoms with E-state index >= 15 is 0 Å². The smallest absolute Gasteiger partial charge is 0.223 e. The Labute approximate surface area is 160 Å². The van der Waals surface area contributed by atoms with Crippen LogP contribution in [-0.4, -0.2) is 16.0 Å². The summed E-state index contributed by atoms with van der Waals surface area (Å²) in [6.07, 6.45) is 2.11. The van der Waals surface area contributed by atoms with Crippen LogP contribution in [-0.2, 0) is 17.9 Å². The van der Waals surface area contributed by atoms with Crippen molar-refractivity contribution >= 4 is 5.91 Å². The maximum Gasteiger partial charge on any atom is 0.223 e. The number of furan rings is 1. The number of aryl methyl sites for hydroxylation is 2. The van der Waals surface area contributed by atoms with Crippen LogP contribution in [0.3, 0.4) is 0 Å². The van der Waals surface area contributed by atoms with E-state index in [1.54, 1.807) is 11.2 Å². The average Bonchev–Trinajstić information content (AvgIpc) is 3.28. The molecule has 142 valence electrons. The summed E-state index contributed by atoms with van der Waals surface area (Å²) in [6, 6.07) is 11.8. The molecule has 0 bridgehead atoms. The average molecular weight is 366 g/mol. The van der Waals surface area contributed by atoms with Crippen LogP contribution in [0.25, 0.3) is 11.3 Å². The highest BCUT2D eigenvalue weighted by Crippen LogP contribution is 2.24. The summed E-state index contributed by atoms with van der Waals surface area (Å²) in [4.78, 5) is 14.4. The predicted molar refractivity (Wildman–Crippen MR) is 104 cm³/mol. The number of amides is 1. The predicted octanol–water partition coefficient (Wildman–Crippen LogP) is 5.13. The second-order valence-electron chi connectivity index (χ2n) is 7.41. The first-order valence-corrected chi connectivity index (χ1v) is 9.25. The van der Waals surface area contributed by atoms with Crippen molar-refractivity contribution in [2.45, 2.75) is 47.2 Å². The van der Waals surface area contributed by atoms with E-state index in [9.17, 15) is 4.79 Å². The van der Waals surface area contributed by atoms with E-state index in [2.05, 4.69) is 31.1 Å². The van der Waals surface area contributed by atoms with Gasteiger partial charge in [-0.05, 0) is 49.1 Å². The zero-order valence-corrected chi connectivity index (χ0v) is 16.4. The van der Waals surface area contributed by atoms with Crippen molar-refractivity contribution in [3.8, 4) is 11.3 Å². The van der Waals surface area contributed by atoms with Crippen molar-refractivity contribution in [1.29, 1.82) is 0 Å². The molecule has 27 heavy (non-hydrogen) atoms. The molecule has 0 unspecified atom stereocenters. The summed E-state index contributed by atoms with van der Waals surface area (Å²) in [5.41, 5.74) is 4.16. The molecule has 3 aromatic rings. The molecule has 0 saturated carbocycles. The third kappa shape index (κ3) is 4.88. The Morgan fingerprint density at radius 2 is 1.93 bits per heavy atom. The lowest BCUT2D eigenvalue weighted by Crippen LogP contribution is -2.30. The lowest BCUT2D eigenvalue weighted by molar-refractivity contribution is -0.133. The highest BCUT2D eigenvalue weighted by Gasteiger charge is 2.19. The summed E-state index contributed by atoms with van der Waals surface area (Å²) >= 11 is 0. The van der Waals surface area contributed by atoms with Gasteiger partial charge >= 0.3 is 0 Å². The van der Waals surface area contributed by atoms with Gasteiger partial charge in [0.15, 0.2) is 5.76 Å². The van der Waals surface area contributed by atoms with Crippen LogP contribution >= 0.6 is 0 Å². The molecular weight excluding hydrogens is 340 g/mol. The third-order valence-corrected chi connectivity index (χ3v) is 4.57. The molecule has 2 aromatic heterocycles. The summed E-state index contributed by atoms with van der Waals surface area (Å²) in [6.45, 7) is 9.04. The van der Waals surface area contributed by atoms with Gasteiger partial charge in [-0.15, -0.1) is 0 Å². The lowest BCUT2D eigenvalue weighted by Gasteiger charge is -2.21. The molecule has 0 aliphatic rings. The molecule has 0 N–H and O–H groups in total. The van der Waals surface area contributed by atoms with Gasteiger partial charge in [0.2, 0.25) is 5.91 Å². The minimum Gasteiger partial charge on any atom is -0.467 e. The Kier molecular flexibility index (Phi) is 5.79. The quantitative estimate of drug-likeness (QED) is 0.582. The first-order valence-electron chi connectivity index (χ1n) is 9.25. The van der Waals surface area contributed by atoms with E-state index in [0.717, 1.165) is 17.0 Å². The molecule has 1 amide bonds. The van der Waals surface area contributed by atoms with Crippen molar-refractivity contribution in [2.75, 3.05) is 0 Å². The van der Waals surface area contributed by atoms with Crippen LogP contribution in [0, 0.1) is 19.8 Å². The molecule has 0 aliphatic carbocycles. The lowest BCUT2D eigenvalue weighted by atomic mass is 10.0. The molecule has 0 fully saturated rings. The molecule has 0 atom stereocenters. The summed E-state index contributed by atoms with van der Waals surface area (Å²) in [7, 11) is 0. The fourth-order valence-electron chi connectivity index (χ4n) is 2.91. The van der Waals surface area contributed by atoms with Crippen molar-refractivity contribution in [1.82, 2.24) is 10.1 Å². The van der Waals surface area contributed by atoms with E-state index in [1.165, 1.54) is 11.1 Å². The molecule has 5 nitrogen and oxygen atoms in total. The minimum atomic E-state index is 0.0807. The normalized spacial score (nSPS) is 11.1. The van der Waals surface area contributed by atoms with Crippen molar-refractivity contribution in [2.24, 2.45) is 5.92 Å². The van der Waals surface area contributed by atoms with E-state index in [-0.39, 0.29) is 5.91 Å². The Morgan fingerprint density at radius 1 is 1.11 bits per heavy atom. The van der Waals surface area contributed by atoms with Crippen LogP contribution in [0.2, 0.25) is 0 Å². The van der Waals surface area contributed by atoms with Gasteiger partial charge in [0.25, 0.3) is 0 Å². The number of carbonyl (C=O) groups is 1. The molecule has 0 spiro atoms. The molecule has 0 saturated heterocycles. The number of benzene rings is 1. The van der Waals surface area contributed by atoms with Crippen LogP contribution in [0.4, 0.5) is 0 Å². The molecule has 2 heterocycles. The standard InChI is InChI=1S/C22H26N2O3/c1-15(2)10-22(25)24(14-20-6-5-9-26-20)13-19-12-21(27-23-19)18-8-7-16(3)17(4)11-18/h5-9,11-12,15H,10,13-14H2,1-4H3. The van der Waals surface area contributed by atoms with Gasteiger partial charge < -0.3 is 13.8 Å². The first-order chi connectivity index (χ1) is 12.9. The Hall–Kier alpha value is -2.82. The molecule has 1 aromatic carbocycles. The van der Waals surface area contributed by atoms with Gasteiger partial charge in [0, 0.05) is 18.1 Å². The Bertz CT molecular complexity index is 894. The molecule has 0 aliphatic heterocycles. The molecular formula is C22H26N2O3. The largest absolute Gasteiger partial charge is 0.467 e. The van der Waals surface area contributed by atoms with Crippen LogP contribution in [0.1, 0.15) is 42.8 Å². The van der Waals surface area contributed by atoms with Gasteiger partial charge in [-0.1, -0.05) is 31.1 Å². The monoisotopic (exact) mass is 366 g/mol. The molecule has 3 rings (SSSR count). The van der Waals surface area contributed by atoms with Gasteiger partial charge in [0.05, 0.1) is 19.4 Å². The Balaban J connectivity index is 1.78. The molecule has 0 radical (unpaired) electrons. The van der Waals surface area contributed by atoms with Crippen molar-refractivity contribution in [3.63, 3.8) is 0 Å². The number of hydrogen-bond donors (Lipinski definition) is 0. The van der Waals surface area contributed by atoms with Gasteiger partial charge in [0.1, 0.15) is 11.5 Å². The maximum atomic E-state index is 12.7. The first kappa shape index (κ1) is 19.0. The highest BCUT2D eigenvalue weighted by molar-refractivity contribution is 5.76. The summed E-state index contributed by atoms with van der Waals surface area (Å²) in [5, 5.41) is 4.18. The zero-order valence-electron chi connectivity index (χ0n) is 16.4. The maximum absolute atomic E-state index is 12.7. The SMILES string of the molecule is Cc1ccc(-c2cc(CN(Cc3ccco3)C(=O)CC(C)C)no2)cc1C. The fourth-order valence-corrected chi connectivity index (χ4v) is 2.91. The van der Waals surface area contributed by atoms with E-state index in [0.29, 0.717) is 31.2 Å². The number of hydrogen-bond acceptors (Lipinski definition) is 4. The second-order valence-corrected chi connectivity index (χ2v) is 7.41. The minimum absolute atomic E-state index is 0.0807. The highest BCUT2D eigenvalue weighted by atomic mass is 16.5. The summed E-state index contributed by atoms with van der Waals surface area (Å²) in [5.74, 6) is 1.84. The number of aromatic nitrogens is 1. The van der Waals surface area contributed by atoms with Crippen LogP contribution in [0.15, 0.2) is 51.6 Å². The van der Waals surface area contributed by atoms with Gasteiger partial charge in [-0.2, -0.15) is 0 Å². The van der Waals surface area contributed by atoms with Crippen LogP contribution < -0.4 is 0 Å². The van der Waals surface area contributed by atoms with Gasteiger partial charge in [-0.3, -0.25) is 4.79 Å². The van der Waals surface area contributed by atoms with E-state index in [1.807, 2.05) is 38.1 Å². The number of carbonyl (C=O) groups excluding carboxylic acids is 1. The summed E-state index contributed by atoms with van der Waals surface area (Å²) < 4.78 is 10.9. The van der Waals surface area contributed by atoms with Crippen molar-refractivity contribution < 1.29 is 13.7 Å². The Morgan fingerprint density at radius 3 is 2.59 bits per heavy atom. The van der Waals surface area contributed by atoms with Crippen molar-refractivity contribution in [3.05, 3.63) is 65.2 Å². The number of rotatable bonds is 7. The second kappa shape index (κ2) is 8.25. The van der Waals surface area contributed by atoms with Crippen LogP contribution in [0.5, 0.6) is 0 Å². The van der Waals surface area contributed by atoms with E-state index < -0.39 is 0 Å². The fraction of sp³-hybridized carbons (Fsp3) is 0.364. The number of nitrogens with zero attached hydrogens (tertiary/aromatic N) is 2. The van der Waals surface area contributed by atoms with Gasteiger partial charge in [-0.25, -0.2) is 0 Å². The molecule has 5 heteroatoms. The topological polar surface area (TPSA) is 59.5 Å². The third-order valence-electron chi connectivity index (χ3n) is 4.57. The zero-order chi connectivity index (χ0) is 19.4.